The van der Waals surface area contributed by atoms with Gasteiger partial charge in [0.15, 0.2) is 5.52 Å². The normalized spacial score (nSPS) is 15.2. The number of hydrogen-bond donors (Lipinski definition) is 2. The standard InChI is InChI=1S/C31H36N8O5/c1-5-6-16-37-26-25(35-29(37)36-15-9-11-21(17-36)34-30(43)44-31(2,3)4)27(41)39(19-24(32)40)38(28(26)42)18-22-14-13-20-10-7-8-12-23(20)33-22/h7-8,10,12-14,21H,9,11,15-19H2,1-4H3,(H2,32,40)(H,34,43). The average Bonchev–Trinajstić information content (AvgIpc) is 3.35. The van der Waals surface area contributed by atoms with Crippen molar-refractivity contribution >= 4 is 39.9 Å². The third kappa shape index (κ3) is 6.44. The number of benzene rings is 1. The van der Waals surface area contributed by atoms with E-state index in [-0.39, 0.29) is 30.2 Å². The molecule has 0 aliphatic carbocycles. The number of hydrogen-bond acceptors (Lipinski definition) is 8. The molecule has 13 heteroatoms. The molecule has 0 radical (unpaired) electrons. The molecule has 0 spiro atoms. The Morgan fingerprint density at radius 1 is 1.09 bits per heavy atom. The van der Waals surface area contributed by atoms with E-state index >= 15 is 0 Å². The molecule has 1 aliphatic rings. The molecule has 13 nitrogen and oxygen atoms in total. The van der Waals surface area contributed by atoms with Gasteiger partial charge in [0.2, 0.25) is 11.9 Å². The van der Waals surface area contributed by atoms with Crippen LogP contribution in [0.1, 0.15) is 46.2 Å². The van der Waals surface area contributed by atoms with Gasteiger partial charge in [0, 0.05) is 24.5 Å². The van der Waals surface area contributed by atoms with Gasteiger partial charge in [0.1, 0.15) is 17.7 Å². The molecule has 3 aromatic heterocycles. The van der Waals surface area contributed by atoms with E-state index in [1.54, 1.807) is 38.3 Å². The molecule has 1 atom stereocenters. The van der Waals surface area contributed by atoms with Crippen molar-refractivity contribution in [3.05, 3.63) is 62.8 Å². The quantitative estimate of drug-likeness (QED) is 0.305. The van der Waals surface area contributed by atoms with E-state index in [0.29, 0.717) is 24.7 Å². The Morgan fingerprint density at radius 2 is 1.86 bits per heavy atom. The second-order valence-electron chi connectivity index (χ2n) is 11.7. The lowest BCUT2D eigenvalue weighted by Crippen LogP contribution is -2.49. The minimum Gasteiger partial charge on any atom is -0.444 e. The average molecular weight is 601 g/mol. The first-order chi connectivity index (χ1) is 20.9. The molecule has 5 rings (SSSR count). The summed E-state index contributed by atoms with van der Waals surface area (Å²) in [4.78, 5) is 63.8. The molecule has 1 aromatic carbocycles. The first kappa shape index (κ1) is 30.3. The number of fused-ring (bicyclic) bond motifs is 2. The molecule has 2 amide bonds. The maximum absolute atomic E-state index is 14.2. The third-order valence-electron chi connectivity index (χ3n) is 7.23. The molecule has 3 N–H and O–H groups in total. The van der Waals surface area contributed by atoms with Gasteiger partial charge in [-0.15, -0.1) is 5.92 Å². The number of alkyl carbamates (subject to hydrolysis) is 1. The SMILES string of the molecule is CC#CCn1c(N2CCCC(NC(=O)OC(C)(C)C)C2)nc2c(=O)n(CC(N)=O)n(Cc3ccc4ccccc4n3)c(=O)c21. The van der Waals surface area contributed by atoms with Crippen LogP contribution in [0.3, 0.4) is 0 Å². The highest BCUT2D eigenvalue weighted by Gasteiger charge is 2.29. The minimum atomic E-state index is -0.783. The number of pyridine rings is 1. The van der Waals surface area contributed by atoms with Crippen LogP contribution in [-0.2, 0) is 29.2 Å². The predicted molar refractivity (Wildman–Crippen MR) is 166 cm³/mol. The summed E-state index contributed by atoms with van der Waals surface area (Å²) in [6.07, 6.45) is 0.934. The van der Waals surface area contributed by atoms with Crippen LogP contribution in [0.5, 0.6) is 0 Å². The topological polar surface area (TPSA) is 159 Å². The second-order valence-corrected chi connectivity index (χ2v) is 11.7. The molecule has 44 heavy (non-hydrogen) atoms. The molecule has 4 aromatic rings. The van der Waals surface area contributed by atoms with Crippen LogP contribution in [0.4, 0.5) is 10.7 Å². The molecule has 0 bridgehead atoms. The molecule has 1 fully saturated rings. The maximum atomic E-state index is 14.2. The van der Waals surface area contributed by atoms with Crippen LogP contribution < -0.4 is 27.1 Å². The summed E-state index contributed by atoms with van der Waals surface area (Å²) >= 11 is 0. The molecule has 1 unspecified atom stereocenters. The largest absolute Gasteiger partial charge is 0.444 e. The molecule has 4 heterocycles. The fraction of sp³-hybridized carbons (Fsp3) is 0.419. The summed E-state index contributed by atoms with van der Waals surface area (Å²) in [5.74, 6) is 5.43. The second kappa shape index (κ2) is 12.2. The summed E-state index contributed by atoms with van der Waals surface area (Å²) in [6, 6.07) is 11.0. The number of para-hydroxylation sites is 1. The molecule has 230 valence electrons. The number of nitrogens with one attached hydrogen (secondary N) is 1. The Kier molecular flexibility index (Phi) is 8.44. The van der Waals surface area contributed by atoms with Crippen molar-refractivity contribution in [2.24, 2.45) is 5.73 Å². The van der Waals surface area contributed by atoms with E-state index < -0.39 is 35.3 Å². The van der Waals surface area contributed by atoms with Gasteiger partial charge in [-0.25, -0.2) is 19.1 Å². The third-order valence-corrected chi connectivity index (χ3v) is 7.23. The maximum Gasteiger partial charge on any atom is 0.407 e. The summed E-state index contributed by atoms with van der Waals surface area (Å²) in [7, 11) is 0. The van der Waals surface area contributed by atoms with Crippen LogP contribution in [0.25, 0.3) is 21.9 Å². The monoisotopic (exact) mass is 600 g/mol. The Balaban J connectivity index is 1.60. The number of nitrogens with two attached hydrogens (primary N) is 1. The van der Waals surface area contributed by atoms with Gasteiger partial charge in [-0.2, -0.15) is 0 Å². The van der Waals surface area contributed by atoms with Crippen LogP contribution in [0, 0.1) is 11.8 Å². The summed E-state index contributed by atoms with van der Waals surface area (Å²) in [5, 5.41) is 3.84. The van der Waals surface area contributed by atoms with Crippen molar-refractivity contribution in [2.45, 2.75) is 71.8 Å². The first-order valence-corrected chi connectivity index (χ1v) is 14.5. The number of carbonyl (C=O) groups excluding carboxylic acids is 2. The fourth-order valence-electron chi connectivity index (χ4n) is 5.38. The van der Waals surface area contributed by atoms with Crippen molar-refractivity contribution in [2.75, 3.05) is 18.0 Å². The first-order valence-electron chi connectivity index (χ1n) is 14.5. The highest BCUT2D eigenvalue weighted by Crippen LogP contribution is 2.23. The van der Waals surface area contributed by atoms with E-state index in [2.05, 4.69) is 27.1 Å². The number of anilines is 1. The van der Waals surface area contributed by atoms with Crippen molar-refractivity contribution in [1.29, 1.82) is 0 Å². The Hall–Kier alpha value is -5.12. The van der Waals surface area contributed by atoms with Gasteiger partial charge < -0.3 is 20.7 Å². The molecular formula is C31H36N8O5. The van der Waals surface area contributed by atoms with Crippen LogP contribution >= 0.6 is 0 Å². The summed E-state index contributed by atoms with van der Waals surface area (Å²) < 4.78 is 9.28. The number of nitrogens with zero attached hydrogens (tertiary/aromatic N) is 6. The van der Waals surface area contributed by atoms with Gasteiger partial charge in [-0.05, 0) is 52.7 Å². The number of ether oxygens (including phenoxy) is 1. The number of amides is 2. The molecule has 0 saturated carbocycles. The Labute approximate surface area is 253 Å². The lowest BCUT2D eigenvalue weighted by molar-refractivity contribution is -0.119. The van der Waals surface area contributed by atoms with E-state index in [1.165, 1.54) is 4.68 Å². The summed E-state index contributed by atoms with van der Waals surface area (Å²) in [5.41, 5.74) is 4.93. The fourth-order valence-corrected chi connectivity index (χ4v) is 5.38. The number of rotatable bonds is 7. The lowest BCUT2D eigenvalue weighted by Gasteiger charge is -2.34. The van der Waals surface area contributed by atoms with Crippen LogP contribution in [0.15, 0.2) is 46.0 Å². The van der Waals surface area contributed by atoms with Crippen LogP contribution in [0.2, 0.25) is 0 Å². The van der Waals surface area contributed by atoms with E-state index in [0.717, 1.165) is 28.4 Å². The van der Waals surface area contributed by atoms with Gasteiger partial charge in [-0.1, -0.05) is 30.2 Å². The number of aromatic nitrogens is 5. The minimum absolute atomic E-state index is 0.0662. The number of carbonyl (C=O) groups is 2. The Bertz CT molecular complexity index is 1920. The van der Waals surface area contributed by atoms with E-state index in [1.807, 2.05) is 35.2 Å². The number of piperidine rings is 1. The van der Waals surface area contributed by atoms with Crippen molar-refractivity contribution in [1.82, 2.24) is 29.2 Å². The van der Waals surface area contributed by atoms with Gasteiger partial charge >= 0.3 is 6.09 Å². The van der Waals surface area contributed by atoms with Crippen molar-refractivity contribution in [3.8, 4) is 11.8 Å². The van der Waals surface area contributed by atoms with Crippen molar-refractivity contribution in [3.63, 3.8) is 0 Å². The molecule has 1 aliphatic heterocycles. The number of imidazole rings is 1. The molecular weight excluding hydrogens is 564 g/mol. The van der Waals surface area contributed by atoms with Crippen LogP contribution in [-0.4, -0.2) is 60.6 Å². The zero-order chi connectivity index (χ0) is 31.6. The van der Waals surface area contributed by atoms with E-state index in [4.69, 9.17) is 10.5 Å². The zero-order valence-electron chi connectivity index (χ0n) is 25.3. The zero-order valence-corrected chi connectivity index (χ0v) is 25.3. The highest BCUT2D eigenvalue weighted by molar-refractivity contribution is 5.79. The molecule has 1 saturated heterocycles. The highest BCUT2D eigenvalue weighted by atomic mass is 16.6. The summed E-state index contributed by atoms with van der Waals surface area (Å²) in [6.45, 7) is 7.55. The van der Waals surface area contributed by atoms with E-state index in [9.17, 15) is 19.2 Å². The van der Waals surface area contributed by atoms with Gasteiger partial charge in [0.05, 0.1) is 24.3 Å². The van der Waals surface area contributed by atoms with Crippen molar-refractivity contribution < 1.29 is 14.3 Å². The van der Waals surface area contributed by atoms with Gasteiger partial charge in [0.25, 0.3) is 11.1 Å². The Morgan fingerprint density at radius 3 is 2.59 bits per heavy atom. The predicted octanol–water partition coefficient (Wildman–Crippen LogP) is 1.96. The number of primary amides is 1. The smallest absolute Gasteiger partial charge is 0.407 e. The lowest BCUT2D eigenvalue weighted by atomic mass is 10.1. The van der Waals surface area contributed by atoms with Gasteiger partial charge in [-0.3, -0.25) is 23.9 Å².